The summed E-state index contributed by atoms with van der Waals surface area (Å²) in [5.74, 6) is 1.63. The molecule has 1 aliphatic heterocycles. The number of ether oxygens (including phenoxy) is 1. The van der Waals surface area contributed by atoms with Gasteiger partial charge in [-0.15, -0.1) is 0 Å². The van der Waals surface area contributed by atoms with Gasteiger partial charge in [-0.2, -0.15) is 0 Å². The maximum absolute atomic E-state index is 5.38. The van der Waals surface area contributed by atoms with E-state index in [0.29, 0.717) is 22.9 Å². The first-order valence-corrected chi connectivity index (χ1v) is 6.38. The van der Waals surface area contributed by atoms with E-state index in [-0.39, 0.29) is 0 Å². The molecule has 4 rings (SSSR count). The summed E-state index contributed by atoms with van der Waals surface area (Å²) in [5.41, 5.74) is 5.64. The maximum atomic E-state index is 5.38. The molecule has 0 aliphatic carbocycles. The van der Waals surface area contributed by atoms with Crippen molar-refractivity contribution in [3.05, 3.63) is 42.6 Å². The van der Waals surface area contributed by atoms with Crippen molar-refractivity contribution in [2.45, 2.75) is 0 Å². The van der Waals surface area contributed by atoms with E-state index in [1.165, 1.54) is 0 Å². The molecule has 0 atom stereocenters. The van der Waals surface area contributed by atoms with Crippen LogP contribution in [0.5, 0.6) is 17.4 Å². The van der Waals surface area contributed by atoms with Gasteiger partial charge in [-0.3, -0.25) is 0 Å². The van der Waals surface area contributed by atoms with Gasteiger partial charge in [-0.05, 0) is 5.56 Å². The Morgan fingerprint density at radius 2 is 2.00 bits per heavy atom. The molecule has 0 unspecified atom stereocenters. The number of benzene rings is 2. The van der Waals surface area contributed by atoms with E-state index in [1.54, 1.807) is 19.4 Å². The van der Waals surface area contributed by atoms with Crippen molar-refractivity contribution in [3.63, 3.8) is 0 Å². The number of nitrogens with zero attached hydrogens (tertiary/aromatic N) is 2. The predicted molar refractivity (Wildman–Crippen MR) is 75.9 cm³/mol. The van der Waals surface area contributed by atoms with E-state index < -0.39 is 0 Å². The lowest BCUT2D eigenvalue weighted by molar-refractivity contribution is 0.0263. The minimum atomic E-state index is 0.452. The van der Waals surface area contributed by atoms with Crippen LogP contribution >= 0.6 is 0 Å². The first kappa shape index (κ1) is 11.9. The van der Waals surface area contributed by atoms with Crippen LogP contribution in [0.4, 0.5) is 0 Å². The van der Waals surface area contributed by atoms with E-state index in [1.807, 2.05) is 30.3 Å². The van der Waals surface area contributed by atoms with Crippen LogP contribution in [0.25, 0.3) is 22.2 Å². The van der Waals surface area contributed by atoms with E-state index in [0.717, 1.165) is 16.6 Å². The molecule has 0 amide bonds. The molecule has 6 heteroatoms. The molecule has 1 N–H and O–H groups in total. The molecule has 0 bridgehead atoms. The molecule has 0 spiro atoms. The Hall–Kier alpha value is -2.86. The quantitative estimate of drug-likeness (QED) is 0.778. The number of nitrogens with one attached hydrogen (secondary N) is 1. The van der Waals surface area contributed by atoms with Gasteiger partial charge in [0.05, 0.1) is 24.4 Å². The van der Waals surface area contributed by atoms with Crippen LogP contribution in [-0.2, 0) is 0 Å². The molecule has 104 valence electrons. The van der Waals surface area contributed by atoms with Crippen molar-refractivity contribution >= 4 is 11.0 Å². The number of hydrogen-bond acceptors (Lipinski definition) is 6. The summed E-state index contributed by atoms with van der Waals surface area (Å²) in [6.45, 7) is 0. The highest BCUT2D eigenvalue weighted by atomic mass is 16.9. The Balaban J connectivity index is 2.07. The average molecular weight is 281 g/mol. The summed E-state index contributed by atoms with van der Waals surface area (Å²) in [7, 11) is 1.56. The van der Waals surface area contributed by atoms with Crippen molar-refractivity contribution in [1.82, 2.24) is 15.6 Å². The Morgan fingerprint density at radius 3 is 2.81 bits per heavy atom. The second kappa shape index (κ2) is 4.60. The standard InChI is InChI=1S/C15H11N3O3/c1-19-12-8-16-14-10(17-12)7-11-15(21-18-20-11)13(14)9-5-3-2-4-6-9/h2-8,18H,1H3. The highest BCUT2D eigenvalue weighted by molar-refractivity contribution is 5.97. The molecular weight excluding hydrogens is 270 g/mol. The largest absolute Gasteiger partial charge is 0.480 e. The first-order chi connectivity index (χ1) is 10.4. The lowest BCUT2D eigenvalue weighted by atomic mass is 10.0. The molecule has 6 nitrogen and oxygen atoms in total. The fourth-order valence-corrected chi connectivity index (χ4v) is 2.36. The number of hydrogen-bond donors (Lipinski definition) is 1. The van der Waals surface area contributed by atoms with Crippen molar-refractivity contribution in [2.24, 2.45) is 0 Å². The van der Waals surface area contributed by atoms with Crippen LogP contribution in [0, 0.1) is 0 Å². The summed E-state index contributed by atoms with van der Waals surface area (Å²) < 4.78 is 5.13. The molecule has 3 aromatic rings. The summed E-state index contributed by atoms with van der Waals surface area (Å²) in [4.78, 5) is 19.5. The minimum Gasteiger partial charge on any atom is -0.480 e. The molecule has 0 saturated heterocycles. The lowest BCUT2D eigenvalue weighted by Gasteiger charge is -2.09. The van der Waals surface area contributed by atoms with E-state index >= 15 is 0 Å². The van der Waals surface area contributed by atoms with Gasteiger partial charge in [0.2, 0.25) is 11.6 Å². The van der Waals surface area contributed by atoms with Crippen molar-refractivity contribution in [3.8, 4) is 28.5 Å². The zero-order chi connectivity index (χ0) is 14.2. The second-order valence-electron chi connectivity index (χ2n) is 4.51. The molecule has 0 saturated carbocycles. The Bertz CT molecular complexity index is 821. The van der Waals surface area contributed by atoms with Gasteiger partial charge in [-0.25, -0.2) is 9.97 Å². The zero-order valence-corrected chi connectivity index (χ0v) is 11.2. The van der Waals surface area contributed by atoms with Gasteiger partial charge in [-0.1, -0.05) is 30.3 Å². The molecule has 21 heavy (non-hydrogen) atoms. The molecule has 0 radical (unpaired) electrons. The van der Waals surface area contributed by atoms with Crippen molar-refractivity contribution in [2.75, 3.05) is 7.11 Å². The van der Waals surface area contributed by atoms with Crippen molar-refractivity contribution in [1.29, 1.82) is 0 Å². The van der Waals surface area contributed by atoms with Crippen LogP contribution < -0.4 is 20.1 Å². The summed E-state index contributed by atoms with van der Waals surface area (Å²) in [5, 5.41) is 0. The number of methoxy groups -OCH3 is 1. The molecule has 2 heterocycles. The van der Waals surface area contributed by atoms with E-state index in [9.17, 15) is 0 Å². The fourth-order valence-electron chi connectivity index (χ4n) is 2.36. The van der Waals surface area contributed by atoms with Crippen LogP contribution in [0.15, 0.2) is 42.6 Å². The van der Waals surface area contributed by atoms with E-state index in [2.05, 4.69) is 15.6 Å². The smallest absolute Gasteiger partial charge is 0.232 e. The maximum Gasteiger partial charge on any atom is 0.232 e. The highest BCUT2D eigenvalue weighted by Gasteiger charge is 2.24. The van der Waals surface area contributed by atoms with Gasteiger partial charge in [0.25, 0.3) is 0 Å². The Morgan fingerprint density at radius 1 is 1.14 bits per heavy atom. The summed E-state index contributed by atoms with van der Waals surface area (Å²) in [6.07, 6.45) is 1.59. The van der Waals surface area contributed by atoms with Gasteiger partial charge < -0.3 is 14.4 Å². The molecular formula is C15H11N3O3. The number of fused-ring (bicyclic) bond motifs is 2. The topological polar surface area (TPSA) is 65.5 Å². The third-order valence-corrected chi connectivity index (χ3v) is 3.30. The van der Waals surface area contributed by atoms with E-state index in [4.69, 9.17) is 14.4 Å². The van der Waals surface area contributed by atoms with Gasteiger partial charge in [0.1, 0.15) is 5.52 Å². The zero-order valence-electron chi connectivity index (χ0n) is 11.2. The van der Waals surface area contributed by atoms with Gasteiger partial charge >= 0.3 is 0 Å². The molecule has 2 aromatic carbocycles. The monoisotopic (exact) mass is 281 g/mol. The average Bonchev–Trinajstić information content (AvgIpc) is 3.00. The van der Waals surface area contributed by atoms with Crippen LogP contribution in [0.1, 0.15) is 0 Å². The SMILES string of the molecule is COc1cnc2c(-c3ccccc3)c3c(cc2n1)ONO3. The number of aromatic nitrogens is 2. The van der Waals surface area contributed by atoms with Crippen LogP contribution in [0.2, 0.25) is 0 Å². The predicted octanol–water partition coefficient (Wildman–Crippen LogP) is 2.50. The molecule has 1 aromatic heterocycles. The lowest BCUT2D eigenvalue weighted by Crippen LogP contribution is -2.14. The third kappa shape index (κ3) is 1.85. The molecule has 0 fully saturated rings. The van der Waals surface area contributed by atoms with Gasteiger partial charge in [0.15, 0.2) is 5.75 Å². The normalized spacial score (nSPS) is 12.6. The first-order valence-electron chi connectivity index (χ1n) is 6.38. The Labute approximate surface area is 120 Å². The minimum absolute atomic E-state index is 0.452. The fraction of sp³-hybridized carbons (Fsp3) is 0.0667. The van der Waals surface area contributed by atoms with Crippen LogP contribution in [-0.4, -0.2) is 17.1 Å². The Kier molecular flexibility index (Phi) is 2.61. The number of rotatable bonds is 2. The second-order valence-corrected chi connectivity index (χ2v) is 4.51. The third-order valence-electron chi connectivity index (χ3n) is 3.30. The highest BCUT2D eigenvalue weighted by Crippen LogP contribution is 2.44. The van der Waals surface area contributed by atoms with Crippen LogP contribution in [0.3, 0.4) is 0 Å². The summed E-state index contributed by atoms with van der Waals surface area (Å²) in [6, 6.07) is 11.6. The van der Waals surface area contributed by atoms with Gasteiger partial charge in [0, 0.05) is 11.7 Å². The summed E-state index contributed by atoms with van der Waals surface area (Å²) >= 11 is 0. The molecule has 1 aliphatic rings. The van der Waals surface area contributed by atoms with Crippen molar-refractivity contribution < 1.29 is 14.4 Å².